The summed E-state index contributed by atoms with van der Waals surface area (Å²) in [6.45, 7) is 6.69. The largest absolute Gasteiger partial charge is 0.464 e. The number of hydrogen-bond acceptors (Lipinski definition) is 3. The van der Waals surface area contributed by atoms with Gasteiger partial charge in [-0.15, -0.1) is 0 Å². The van der Waals surface area contributed by atoms with E-state index in [1.54, 1.807) is 12.5 Å². The topological polar surface area (TPSA) is 43.0 Å². The highest BCUT2D eigenvalue weighted by Gasteiger charge is 2.06. The molecule has 0 aliphatic rings. The zero-order valence-corrected chi connectivity index (χ0v) is 9.73. The second-order valence-electron chi connectivity index (χ2n) is 3.81. The summed E-state index contributed by atoms with van der Waals surface area (Å²) in [4.78, 5) is 4.01. The molecule has 2 aromatic heterocycles. The Morgan fingerprint density at radius 2 is 2.38 bits per heavy atom. The number of rotatable bonds is 5. The van der Waals surface area contributed by atoms with Crippen LogP contribution in [0.15, 0.2) is 29.2 Å². The maximum atomic E-state index is 5.70. The molecule has 0 fully saturated rings. The number of furan rings is 1. The maximum Gasteiger partial charge on any atom is 0.124 e. The molecule has 86 valence electrons. The molecule has 0 aliphatic heterocycles. The summed E-state index contributed by atoms with van der Waals surface area (Å²) in [5.74, 6) is 1.97. The van der Waals surface area contributed by atoms with Gasteiger partial charge in [0.15, 0.2) is 0 Å². The molecule has 4 heteroatoms. The Morgan fingerprint density at radius 1 is 1.50 bits per heavy atom. The van der Waals surface area contributed by atoms with E-state index >= 15 is 0 Å². The van der Waals surface area contributed by atoms with Crippen LogP contribution >= 0.6 is 0 Å². The summed E-state index contributed by atoms with van der Waals surface area (Å²) in [5, 5.41) is 3.30. The Morgan fingerprint density at radius 3 is 3.06 bits per heavy atom. The van der Waals surface area contributed by atoms with Crippen molar-refractivity contribution < 1.29 is 4.42 Å². The molecule has 0 radical (unpaired) electrons. The van der Waals surface area contributed by atoms with Gasteiger partial charge in [-0.05, 0) is 19.5 Å². The number of aromatic nitrogens is 2. The van der Waals surface area contributed by atoms with Crippen LogP contribution in [0.25, 0.3) is 0 Å². The predicted octanol–water partition coefficient (Wildman–Crippen LogP) is 1.94. The van der Waals surface area contributed by atoms with Crippen LogP contribution in [-0.4, -0.2) is 16.1 Å². The molecule has 0 aromatic carbocycles. The quantitative estimate of drug-likeness (QED) is 0.835. The van der Waals surface area contributed by atoms with Gasteiger partial charge in [0.1, 0.15) is 11.5 Å². The first-order valence-corrected chi connectivity index (χ1v) is 5.54. The molecular formula is C12H17N3O. The molecule has 0 spiro atoms. The van der Waals surface area contributed by atoms with Crippen molar-refractivity contribution in [2.24, 2.45) is 0 Å². The first kappa shape index (κ1) is 11.0. The van der Waals surface area contributed by atoms with Crippen molar-refractivity contribution in [2.45, 2.75) is 26.9 Å². The summed E-state index contributed by atoms with van der Waals surface area (Å²) < 4.78 is 7.69. The molecule has 0 aliphatic carbocycles. The SMILES string of the molecule is CCNCc1cc(Cn2ccnc2)oc1C. The lowest BCUT2D eigenvalue weighted by atomic mass is 10.2. The Kier molecular flexibility index (Phi) is 3.41. The van der Waals surface area contributed by atoms with E-state index in [0.29, 0.717) is 0 Å². The van der Waals surface area contributed by atoms with E-state index in [1.807, 2.05) is 17.7 Å². The van der Waals surface area contributed by atoms with Crippen LogP contribution in [-0.2, 0) is 13.1 Å². The van der Waals surface area contributed by atoms with Gasteiger partial charge < -0.3 is 14.3 Å². The molecule has 4 nitrogen and oxygen atoms in total. The fourth-order valence-corrected chi connectivity index (χ4v) is 1.66. The smallest absolute Gasteiger partial charge is 0.124 e. The molecule has 0 atom stereocenters. The van der Waals surface area contributed by atoms with Gasteiger partial charge in [-0.1, -0.05) is 6.92 Å². The molecule has 0 bridgehead atoms. The average molecular weight is 219 g/mol. The number of nitrogens with one attached hydrogen (secondary N) is 1. The van der Waals surface area contributed by atoms with E-state index in [9.17, 15) is 0 Å². The maximum absolute atomic E-state index is 5.70. The lowest BCUT2D eigenvalue weighted by Crippen LogP contribution is -2.11. The Balaban J connectivity index is 2.05. The van der Waals surface area contributed by atoms with Crippen LogP contribution in [0.3, 0.4) is 0 Å². The first-order valence-electron chi connectivity index (χ1n) is 5.54. The van der Waals surface area contributed by atoms with Crippen LogP contribution in [0.2, 0.25) is 0 Å². The molecule has 16 heavy (non-hydrogen) atoms. The minimum Gasteiger partial charge on any atom is -0.464 e. The van der Waals surface area contributed by atoms with E-state index in [1.165, 1.54) is 5.56 Å². The molecule has 2 rings (SSSR count). The highest BCUT2D eigenvalue weighted by molar-refractivity contribution is 5.20. The van der Waals surface area contributed by atoms with Crippen molar-refractivity contribution in [2.75, 3.05) is 6.54 Å². The molecule has 0 saturated carbocycles. The molecule has 1 N–H and O–H groups in total. The predicted molar refractivity (Wildman–Crippen MR) is 62.2 cm³/mol. The number of aryl methyl sites for hydroxylation is 1. The van der Waals surface area contributed by atoms with Crippen molar-refractivity contribution in [1.29, 1.82) is 0 Å². The first-order chi connectivity index (χ1) is 7.79. The van der Waals surface area contributed by atoms with E-state index in [-0.39, 0.29) is 0 Å². The van der Waals surface area contributed by atoms with Gasteiger partial charge >= 0.3 is 0 Å². The van der Waals surface area contributed by atoms with Gasteiger partial charge in [0, 0.05) is 24.5 Å². The van der Waals surface area contributed by atoms with E-state index in [0.717, 1.165) is 31.2 Å². The Labute approximate surface area is 95.3 Å². The van der Waals surface area contributed by atoms with Crippen LogP contribution in [0.4, 0.5) is 0 Å². The van der Waals surface area contributed by atoms with Crippen molar-refractivity contribution in [1.82, 2.24) is 14.9 Å². The number of hydrogen-bond donors (Lipinski definition) is 1. The van der Waals surface area contributed by atoms with Crippen LogP contribution in [0.5, 0.6) is 0 Å². The van der Waals surface area contributed by atoms with Crippen molar-refractivity contribution in [3.05, 3.63) is 41.9 Å². The fraction of sp³-hybridized carbons (Fsp3) is 0.417. The molecule has 0 amide bonds. The van der Waals surface area contributed by atoms with Gasteiger partial charge in [-0.2, -0.15) is 0 Å². The van der Waals surface area contributed by atoms with Gasteiger partial charge in [-0.25, -0.2) is 4.98 Å². The normalized spacial score (nSPS) is 10.9. The zero-order chi connectivity index (χ0) is 11.4. The summed E-state index contributed by atoms with van der Waals surface area (Å²) in [6, 6.07) is 2.11. The van der Waals surface area contributed by atoms with Crippen LogP contribution in [0, 0.1) is 6.92 Å². The Bertz CT molecular complexity index is 431. The van der Waals surface area contributed by atoms with Crippen LogP contribution in [0.1, 0.15) is 24.0 Å². The molecular weight excluding hydrogens is 202 g/mol. The third kappa shape index (κ3) is 2.52. The third-order valence-electron chi connectivity index (χ3n) is 2.53. The molecule has 0 unspecified atom stereocenters. The molecule has 2 aromatic rings. The minimum absolute atomic E-state index is 0.743. The van der Waals surface area contributed by atoms with E-state index in [4.69, 9.17) is 4.42 Å². The monoisotopic (exact) mass is 219 g/mol. The lowest BCUT2D eigenvalue weighted by molar-refractivity contribution is 0.466. The number of imidazole rings is 1. The number of nitrogens with zero attached hydrogens (tertiary/aromatic N) is 2. The van der Waals surface area contributed by atoms with E-state index in [2.05, 4.69) is 23.3 Å². The summed E-state index contributed by atoms with van der Waals surface area (Å²) in [7, 11) is 0. The van der Waals surface area contributed by atoms with Crippen molar-refractivity contribution in [3.8, 4) is 0 Å². The second kappa shape index (κ2) is 4.99. The average Bonchev–Trinajstić information content (AvgIpc) is 2.86. The molecule has 0 saturated heterocycles. The summed E-state index contributed by atoms with van der Waals surface area (Å²) >= 11 is 0. The second-order valence-corrected chi connectivity index (χ2v) is 3.81. The van der Waals surface area contributed by atoms with Gasteiger partial charge in [-0.3, -0.25) is 0 Å². The van der Waals surface area contributed by atoms with Gasteiger partial charge in [0.05, 0.1) is 12.9 Å². The lowest BCUT2D eigenvalue weighted by Gasteiger charge is -1.97. The van der Waals surface area contributed by atoms with Crippen molar-refractivity contribution in [3.63, 3.8) is 0 Å². The zero-order valence-electron chi connectivity index (χ0n) is 9.73. The fourth-order valence-electron chi connectivity index (χ4n) is 1.66. The standard InChI is InChI=1S/C12H17N3O/c1-3-13-7-11-6-12(16-10(11)2)8-15-5-4-14-9-15/h4-6,9,13H,3,7-8H2,1-2H3. The van der Waals surface area contributed by atoms with Crippen molar-refractivity contribution >= 4 is 0 Å². The van der Waals surface area contributed by atoms with Gasteiger partial charge in [0.25, 0.3) is 0 Å². The summed E-state index contributed by atoms with van der Waals surface area (Å²) in [5.41, 5.74) is 1.23. The van der Waals surface area contributed by atoms with Crippen LogP contribution < -0.4 is 5.32 Å². The van der Waals surface area contributed by atoms with E-state index < -0.39 is 0 Å². The third-order valence-corrected chi connectivity index (χ3v) is 2.53. The summed E-state index contributed by atoms with van der Waals surface area (Å²) in [6.07, 6.45) is 5.50. The van der Waals surface area contributed by atoms with Gasteiger partial charge in [0.2, 0.25) is 0 Å². The Hall–Kier alpha value is -1.55. The highest BCUT2D eigenvalue weighted by Crippen LogP contribution is 2.15. The minimum atomic E-state index is 0.743. The highest BCUT2D eigenvalue weighted by atomic mass is 16.3. The molecule has 2 heterocycles.